The van der Waals surface area contributed by atoms with Crippen molar-refractivity contribution in [2.75, 3.05) is 19.3 Å². The molecule has 2 N–H and O–H groups in total. The Hall–Kier alpha value is -1.40. The summed E-state index contributed by atoms with van der Waals surface area (Å²) in [4.78, 5) is 13.0. The van der Waals surface area contributed by atoms with Gasteiger partial charge >= 0.3 is 0 Å². The maximum Gasteiger partial charge on any atom is 0.227 e. The van der Waals surface area contributed by atoms with Gasteiger partial charge < -0.3 is 10.6 Å². The van der Waals surface area contributed by atoms with Gasteiger partial charge in [-0.1, -0.05) is 24.6 Å². The number of hydrogen-bond acceptors (Lipinski definition) is 4. The Kier molecular flexibility index (Phi) is 4.47. The van der Waals surface area contributed by atoms with Crippen molar-refractivity contribution in [3.8, 4) is 0 Å². The third-order valence-corrected chi connectivity index (χ3v) is 6.45. The summed E-state index contributed by atoms with van der Waals surface area (Å²) in [6, 6.07) is 7.31. The molecule has 0 unspecified atom stereocenters. The minimum Gasteiger partial charge on any atom is -0.355 e. The van der Waals surface area contributed by atoms with Crippen LogP contribution in [0.25, 0.3) is 0 Å². The lowest BCUT2D eigenvalue weighted by molar-refractivity contribution is -0.130. The molecule has 6 heteroatoms. The summed E-state index contributed by atoms with van der Waals surface area (Å²) in [5, 5.41) is 6.48. The zero-order valence-corrected chi connectivity index (χ0v) is 14.3. The second-order valence-corrected chi connectivity index (χ2v) is 8.68. The molecule has 5 nitrogen and oxygen atoms in total. The predicted molar refractivity (Wildman–Crippen MR) is 89.0 cm³/mol. The van der Waals surface area contributed by atoms with Crippen molar-refractivity contribution in [1.29, 1.82) is 0 Å². The largest absolute Gasteiger partial charge is 0.355 e. The monoisotopic (exact) mass is 336 g/mol. The molecule has 3 rings (SSSR count). The average Bonchev–Trinajstić information content (AvgIpc) is 3.07. The Morgan fingerprint density at radius 3 is 2.91 bits per heavy atom. The third kappa shape index (κ3) is 3.15. The maximum atomic E-state index is 12.7. The molecule has 0 radical (unpaired) electrons. The number of benzene rings is 1. The molecular weight excluding hydrogens is 312 g/mol. The number of hydrogen-bond donors (Lipinski definition) is 2. The first-order valence-corrected chi connectivity index (χ1v) is 10.1. The van der Waals surface area contributed by atoms with Crippen LogP contribution in [-0.4, -0.2) is 39.7 Å². The SMILES string of the molecule is CS(=O)(=O)c1ccccc1CCNC(=O)[C@]12CCC[C@H]1NCC2. The van der Waals surface area contributed by atoms with Crippen LogP contribution in [0.3, 0.4) is 0 Å². The van der Waals surface area contributed by atoms with E-state index in [1.165, 1.54) is 6.26 Å². The minimum absolute atomic E-state index is 0.127. The fraction of sp³-hybridized carbons (Fsp3) is 0.588. The number of carbonyl (C=O) groups is 1. The van der Waals surface area contributed by atoms with Crippen LogP contribution in [0.1, 0.15) is 31.2 Å². The van der Waals surface area contributed by atoms with E-state index in [-0.39, 0.29) is 11.3 Å². The van der Waals surface area contributed by atoms with E-state index in [1.807, 2.05) is 12.1 Å². The minimum atomic E-state index is -3.24. The van der Waals surface area contributed by atoms with Crippen LogP contribution in [-0.2, 0) is 21.1 Å². The second-order valence-electron chi connectivity index (χ2n) is 6.69. The lowest BCUT2D eigenvalue weighted by atomic mass is 9.81. The van der Waals surface area contributed by atoms with Gasteiger partial charge in [0.1, 0.15) is 0 Å². The molecule has 0 spiro atoms. The highest BCUT2D eigenvalue weighted by molar-refractivity contribution is 7.90. The smallest absolute Gasteiger partial charge is 0.227 e. The van der Waals surface area contributed by atoms with Crippen molar-refractivity contribution in [2.24, 2.45) is 5.41 Å². The van der Waals surface area contributed by atoms with E-state index in [9.17, 15) is 13.2 Å². The highest BCUT2D eigenvalue weighted by Crippen LogP contribution is 2.44. The highest BCUT2D eigenvalue weighted by Gasteiger charge is 2.51. The number of fused-ring (bicyclic) bond motifs is 1. The van der Waals surface area contributed by atoms with Gasteiger partial charge in [0.25, 0.3) is 0 Å². The standard InChI is InChI=1S/C17H24N2O3S/c1-23(21,22)14-6-3-2-5-13(14)8-11-19-16(20)17-9-4-7-15(17)18-12-10-17/h2-3,5-6,15,18H,4,7-12H2,1H3,(H,19,20)/t15-,17+/m1/s1. The van der Waals surface area contributed by atoms with Crippen molar-refractivity contribution in [3.05, 3.63) is 29.8 Å². The Morgan fingerprint density at radius 2 is 2.13 bits per heavy atom. The van der Waals surface area contributed by atoms with Gasteiger partial charge in [-0.05, 0) is 43.9 Å². The first kappa shape index (κ1) is 16.5. The van der Waals surface area contributed by atoms with Gasteiger partial charge in [-0.25, -0.2) is 8.42 Å². The Bertz CT molecular complexity index is 690. The zero-order chi connectivity index (χ0) is 16.5. The van der Waals surface area contributed by atoms with E-state index < -0.39 is 9.84 Å². The fourth-order valence-corrected chi connectivity index (χ4v) is 5.05. The van der Waals surface area contributed by atoms with Crippen molar-refractivity contribution in [3.63, 3.8) is 0 Å². The summed E-state index contributed by atoms with van der Waals surface area (Å²) >= 11 is 0. The molecule has 1 aliphatic carbocycles. The molecule has 23 heavy (non-hydrogen) atoms. The lowest BCUT2D eigenvalue weighted by Gasteiger charge is -2.27. The van der Waals surface area contributed by atoms with Gasteiger partial charge in [0, 0.05) is 18.8 Å². The van der Waals surface area contributed by atoms with E-state index in [0.717, 1.165) is 37.8 Å². The third-order valence-electron chi connectivity index (χ3n) is 5.25. The van der Waals surface area contributed by atoms with Crippen molar-refractivity contribution >= 4 is 15.7 Å². The number of sulfone groups is 1. The second kappa shape index (κ2) is 6.24. The molecule has 1 saturated carbocycles. The fourth-order valence-electron chi connectivity index (χ4n) is 4.08. The average molecular weight is 336 g/mol. The molecule has 1 aromatic rings. The van der Waals surface area contributed by atoms with E-state index in [4.69, 9.17) is 0 Å². The van der Waals surface area contributed by atoms with E-state index in [1.54, 1.807) is 12.1 Å². The summed E-state index contributed by atoms with van der Waals surface area (Å²) in [5.74, 6) is 0.127. The topological polar surface area (TPSA) is 75.3 Å². The van der Waals surface area contributed by atoms with Crippen molar-refractivity contribution in [1.82, 2.24) is 10.6 Å². The number of carbonyl (C=O) groups excluding carboxylic acids is 1. The molecule has 1 aromatic carbocycles. The van der Waals surface area contributed by atoms with Gasteiger partial charge in [-0.3, -0.25) is 4.79 Å². The van der Waals surface area contributed by atoms with Crippen LogP contribution in [0, 0.1) is 5.41 Å². The van der Waals surface area contributed by atoms with Crippen LogP contribution in [0.15, 0.2) is 29.2 Å². The van der Waals surface area contributed by atoms with Crippen molar-refractivity contribution in [2.45, 2.75) is 43.0 Å². The first-order chi connectivity index (χ1) is 10.9. The molecule has 2 aliphatic rings. The van der Waals surface area contributed by atoms with Crippen molar-refractivity contribution < 1.29 is 13.2 Å². The molecule has 1 heterocycles. The normalized spacial score (nSPS) is 26.9. The summed E-state index contributed by atoms with van der Waals surface area (Å²) < 4.78 is 23.6. The van der Waals surface area contributed by atoms with E-state index >= 15 is 0 Å². The molecule has 126 valence electrons. The Balaban J connectivity index is 1.63. The molecule has 2 atom stereocenters. The van der Waals surface area contributed by atoms with Crippen LogP contribution in [0.5, 0.6) is 0 Å². The molecule has 0 aromatic heterocycles. The number of nitrogens with one attached hydrogen (secondary N) is 2. The van der Waals surface area contributed by atoms with E-state index in [0.29, 0.717) is 23.9 Å². The summed E-state index contributed by atoms with van der Waals surface area (Å²) in [7, 11) is -3.24. The lowest BCUT2D eigenvalue weighted by Crippen LogP contribution is -2.45. The first-order valence-electron chi connectivity index (χ1n) is 8.23. The zero-order valence-electron chi connectivity index (χ0n) is 13.5. The number of amides is 1. The Labute approximate surface area is 137 Å². The quantitative estimate of drug-likeness (QED) is 0.849. The summed E-state index contributed by atoms with van der Waals surface area (Å²) in [6.07, 6.45) is 5.78. The molecule has 2 fully saturated rings. The summed E-state index contributed by atoms with van der Waals surface area (Å²) in [6.45, 7) is 1.38. The molecule has 1 amide bonds. The maximum absolute atomic E-state index is 12.7. The van der Waals surface area contributed by atoms with Gasteiger partial charge in [-0.15, -0.1) is 0 Å². The van der Waals surface area contributed by atoms with Crippen LogP contribution >= 0.6 is 0 Å². The van der Waals surface area contributed by atoms with Gasteiger partial charge in [0.2, 0.25) is 5.91 Å². The predicted octanol–water partition coefficient (Wildman–Crippen LogP) is 1.28. The van der Waals surface area contributed by atoms with Crippen LogP contribution in [0.2, 0.25) is 0 Å². The van der Waals surface area contributed by atoms with Gasteiger partial charge in [0.05, 0.1) is 10.3 Å². The van der Waals surface area contributed by atoms with Gasteiger partial charge in [-0.2, -0.15) is 0 Å². The molecule has 0 bridgehead atoms. The molecule has 1 saturated heterocycles. The summed E-state index contributed by atoms with van der Waals surface area (Å²) in [5.41, 5.74) is 0.524. The van der Waals surface area contributed by atoms with E-state index in [2.05, 4.69) is 10.6 Å². The van der Waals surface area contributed by atoms with Gasteiger partial charge in [0.15, 0.2) is 9.84 Å². The molecular formula is C17H24N2O3S. The Morgan fingerprint density at radius 1 is 1.35 bits per heavy atom. The number of rotatable bonds is 5. The molecule has 1 aliphatic heterocycles. The van der Waals surface area contributed by atoms with Crippen LogP contribution in [0.4, 0.5) is 0 Å². The van der Waals surface area contributed by atoms with Crippen LogP contribution < -0.4 is 10.6 Å². The highest BCUT2D eigenvalue weighted by atomic mass is 32.2.